The van der Waals surface area contributed by atoms with Gasteiger partial charge in [-0.25, -0.2) is 0 Å². The largest absolute Gasteiger partial charge is 0.508 e. The van der Waals surface area contributed by atoms with Crippen molar-refractivity contribution in [1.82, 2.24) is 26.2 Å². The number of piperidine rings is 1. The highest BCUT2D eigenvalue weighted by atomic mass is 16.3. The number of primary amides is 1. The van der Waals surface area contributed by atoms with E-state index in [9.17, 15) is 33.9 Å². The van der Waals surface area contributed by atoms with Gasteiger partial charge in [0, 0.05) is 19.5 Å². The highest BCUT2D eigenvalue weighted by Gasteiger charge is 2.38. The van der Waals surface area contributed by atoms with Gasteiger partial charge in [-0.1, -0.05) is 42.5 Å². The number of phenols is 1. The molecule has 0 spiro atoms. The number of fused-ring (bicyclic) bond motifs is 1. The van der Waals surface area contributed by atoms with Crippen molar-refractivity contribution in [2.75, 3.05) is 13.1 Å². The Bertz CT molecular complexity index is 1450. The average molecular weight is 664 g/mol. The monoisotopic (exact) mass is 663 g/mol. The fourth-order valence-electron chi connectivity index (χ4n) is 5.97. The number of phenolic OH excluding ortho intramolecular Hbond substituents is 1. The molecule has 0 unspecified atom stereocenters. The van der Waals surface area contributed by atoms with E-state index < -0.39 is 65.7 Å². The molecule has 0 bridgehead atoms. The van der Waals surface area contributed by atoms with Crippen molar-refractivity contribution in [3.8, 4) is 5.75 Å². The standard InChI is InChI=1S/C34H45N7O7/c35-24(18-22-12-14-23(42)15-13-22)31(45)38-25-10-4-6-16-37-29(43)20-26(30(36)44)39-33(47)28-11-5-7-17-41(28)34(48)27(40-32(25)46)19-21-8-2-1-3-9-21/h1-3,8-9,12-15,24-28,42H,4-7,10-11,16-20,35H2,(H2,36,44)(H,37,43)(H,38,45)(H,39,47)(H,40,46)/t24-,25+,26-,27-,28-/m0/s1. The van der Waals surface area contributed by atoms with Crippen molar-refractivity contribution in [2.45, 2.75) is 88.0 Å². The number of hydrogen-bond donors (Lipinski definition) is 7. The molecule has 2 aromatic rings. The van der Waals surface area contributed by atoms with Crippen molar-refractivity contribution in [3.63, 3.8) is 0 Å². The van der Waals surface area contributed by atoms with Gasteiger partial charge in [-0.3, -0.25) is 28.8 Å². The van der Waals surface area contributed by atoms with Crippen LogP contribution in [0.15, 0.2) is 54.6 Å². The van der Waals surface area contributed by atoms with Crippen molar-refractivity contribution in [1.29, 1.82) is 0 Å². The number of aromatic hydroxyl groups is 1. The Hall–Kier alpha value is -4.98. The summed E-state index contributed by atoms with van der Waals surface area (Å²) >= 11 is 0. The normalized spacial score (nSPS) is 23.8. The minimum absolute atomic E-state index is 0.0788. The first-order valence-electron chi connectivity index (χ1n) is 16.4. The molecule has 2 saturated heterocycles. The first-order chi connectivity index (χ1) is 23.0. The maximum Gasteiger partial charge on any atom is 0.246 e. The molecule has 0 radical (unpaired) electrons. The molecule has 2 aliphatic rings. The summed E-state index contributed by atoms with van der Waals surface area (Å²) in [4.78, 5) is 81.0. The molecule has 14 nitrogen and oxygen atoms in total. The van der Waals surface area contributed by atoms with Gasteiger partial charge in [-0.05, 0) is 68.2 Å². The number of nitrogens with two attached hydrogens (primary N) is 2. The van der Waals surface area contributed by atoms with E-state index in [-0.39, 0.29) is 44.5 Å². The summed E-state index contributed by atoms with van der Waals surface area (Å²) in [6.45, 7) is 0.457. The van der Waals surface area contributed by atoms with Gasteiger partial charge in [0.2, 0.25) is 35.4 Å². The highest BCUT2D eigenvalue weighted by molar-refractivity contribution is 5.97. The van der Waals surface area contributed by atoms with Crippen LogP contribution < -0.4 is 32.7 Å². The van der Waals surface area contributed by atoms with Gasteiger partial charge in [-0.15, -0.1) is 0 Å². The fraction of sp³-hybridized carbons (Fsp3) is 0.471. The fourth-order valence-corrected chi connectivity index (χ4v) is 5.97. The maximum absolute atomic E-state index is 14.2. The Morgan fingerprint density at radius 2 is 1.60 bits per heavy atom. The summed E-state index contributed by atoms with van der Waals surface area (Å²) in [6.07, 6.45) is 2.54. The van der Waals surface area contributed by atoms with Crippen LogP contribution in [0.1, 0.15) is 56.1 Å². The van der Waals surface area contributed by atoms with E-state index in [1.54, 1.807) is 12.1 Å². The van der Waals surface area contributed by atoms with Crippen LogP contribution in [0.25, 0.3) is 0 Å². The van der Waals surface area contributed by atoms with Crippen LogP contribution in [0.5, 0.6) is 5.75 Å². The summed E-state index contributed by atoms with van der Waals surface area (Å²) in [5.41, 5.74) is 13.2. The van der Waals surface area contributed by atoms with E-state index in [4.69, 9.17) is 11.5 Å². The summed E-state index contributed by atoms with van der Waals surface area (Å²) in [5.74, 6) is -3.55. The zero-order valence-electron chi connectivity index (χ0n) is 26.9. The lowest BCUT2D eigenvalue weighted by Gasteiger charge is -2.37. The molecule has 48 heavy (non-hydrogen) atoms. The van der Waals surface area contributed by atoms with Crippen molar-refractivity contribution >= 4 is 35.4 Å². The van der Waals surface area contributed by atoms with Crippen LogP contribution in [-0.4, -0.2) is 88.7 Å². The molecule has 258 valence electrons. The van der Waals surface area contributed by atoms with E-state index in [2.05, 4.69) is 21.3 Å². The maximum atomic E-state index is 14.2. The third kappa shape index (κ3) is 10.3. The predicted molar refractivity (Wildman–Crippen MR) is 176 cm³/mol. The van der Waals surface area contributed by atoms with Crippen LogP contribution in [0.4, 0.5) is 0 Å². The SMILES string of the molecule is NC(=O)[C@@H]1CC(=O)NCCCC[C@@H](NC(=O)[C@@H](N)Cc2ccc(O)cc2)C(=O)N[C@@H](Cc2ccccc2)C(=O)N2CCCC[C@H]2C(=O)N1. The molecule has 2 aromatic carbocycles. The minimum Gasteiger partial charge on any atom is -0.508 e. The third-order valence-electron chi connectivity index (χ3n) is 8.64. The molecule has 14 heteroatoms. The molecule has 0 aromatic heterocycles. The first kappa shape index (κ1) is 35.9. The number of hydrogen-bond acceptors (Lipinski definition) is 8. The number of amides is 6. The van der Waals surface area contributed by atoms with E-state index in [1.165, 1.54) is 17.0 Å². The number of rotatable bonds is 7. The van der Waals surface area contributed by atoms with E-state index in [1.807, 2.05) is 30.3 Å². The summed E-state index contributed by atoms with van der Waals surface area (Å²) in [6, 6.07) is 10.0. The van der Waals surface area contributed by atoms with Crippen LogP contribution >= 0.6 is 0 Å². The summed E-state index contributed by atoms with van der Waals surface area (Å²) in [5, 5.41) is 20.4. The van der Waals surface area contributed by atoms with E-state index >= 15 is 0 Å². The predicted octanol–water partition coefficient (Wildman–Crippen LogP) is -0.484. The van der Waals surface area contributed by atoms with Crippen LogP contribution in [0.2, 0.25) is 0 Å². The molecule has 0 saturated carbocycles. The van der Waals surface area contributed by atoms with Crippen LogP contribution in [0, 0.1) is 0 Å². The average Bonchev–Trinajstić information content (AvgIpc) is 3.07. The molecule has 2 fully saturated rings. The topological polar surface area (TPSA) is 226 Å². The van der Waals surface area contributed by atoms with E-state index in [0.29, 0.717) is 32.1 Å². The summed E-state index contributed by atoms with van der Waals surface area (Å²) in [7, 11) is 0. The molecule has 6 amide bonds. The van der Waals surface area contributed by atoms with Crippen molar-refractivity contribution < 1.29 is 33.9 Å². The van der Waals surface area contributed by atoms with Gasteiger partial charge >= 0.3 is 0 Å². The molecule has 9 N–H and O–H groups in total. The second-order valence-corrected chi connectivity index (χ2v) is 12.3. The Balaban J connectivity index is 1.61. The molecule has 0 aliphatic carbocycles. The smallest absolute Gasteiger partial charge is 0.246 e. The lowest BCUT2D eigenvalue weighted by molar-refractivity contribution is -0.146. The second kappa shape index (κ2) is 17.3. The van der Waals surface area contributed by atoms with Gasteiger partial charge in [0.25, 0.3) is 0 Å². The van der Waals surface area contributed by atoms with Gasteiger partial charge in [-0.2, -0.15) is 0 Å². The van der Waals surface area contributed by atoms with Crippen LogP contribution in [0.3, 0.4) is 0 Å². The molecular formula is C34H45N7O7. The molecular weight excluding hydrogens is 618 g/mol. The Labute approximate surface area is 279 Å². The van der Waals surface area contributed by atoms with Gasteiger partial charge in [0.05, 0.1) is 12.5 Å². The lowest BCUT2D eigenvalue weighted by Crippen LogP contribution is -2.61. The van der Waals surface area contributed by atoms with Crippen LogP contribution in [-0.2, 0) is 41.6 Å². The van der Waals surface area contributed by atoms with Gasteiger partial charge in [0.15, 0.2) is 0 Å². The highest BCUT2D eigenvalue weighted by Crippen LogP contribution is 2.20. The first-order valence-corrected chi connectivity index (χ1v) is 16.4. The molecule has 5 atom stereocenters. The third-order valence-corrected chi connectivity index (χ3v) is 8.64. The van der Waals surface area contributed by atoms with E-state index in [0.717, 1.165) is 11.1 Å². The van der Waals surface area contributed by atoms with Gasteiger partial charge < -0.3 is 42.7 Å². The minimum atomic E-state index is -1.27. The number of carbonyl (C=O) groups excluding carboxylic acids is 6. The quantitative estimate of drug-likeness (QED) is 0.204. The van der Waals surface area contributed by atoms with Gasteiger partial charge in [0.1, 0.15) is 29.9 Å². The number of nitrogens with one attached hydrogen (secondary N) is 4. The number of carbonyl (C=O) groups is 6. The van der Waals surface area contributed by atoms with Crippen molar-refractivity contribution in [2.24, 2.45) is 11.5 Å². The zero-order valence-corrected chi connectivity index (χ0v) is 26.9. The summed E-state index contributed by atoms with van der Waals surface area (Å²) < 4.78 is 0. The zero-order chi connectivity index (χ0) is 34.6. The van der Waals surface area contributed by atoms with Crippen molar-refractivity contribution in [3.05, 3.63) is 65.7 Å². The lowest BCUT2D eigenvalue weighted by atomic mass is 9.97. The molecule has 4 rings (SSSR count). The number of benzene rings is 2. The Kier molecular flexibility index (Phi) is 12.9. The number of nitrogens with zero attached hydrogens (tertiary/aromatic N) is 1. The molecule has 2 aliphatic heterocycles. The molecule has 2 heterocycles. The second-order valence-electron chi connectivity index (χ2n) is 12.3. The Morgan fingerprint density at radius 1 is 0.896 bits per heavy atom. The Morgan fingerprint density at radius 3 is 2.31 bits per heavy atom.